The molecular weight excluding hydrogens is 248 g/mol. The maximum Gasteiger partial charge on any atom is 0.133 e. The highest BCUT2D eigenvalue weighted by atomic mass is 16.5. The van der Waals surface area contributed by atoms with Gasteiger partial charge < -0.3 is 9.84 Å². The van der Waals surface area contributed by atoms with Crippen molar-refractivity contribution in [1.29, 1.82) is 0 Å². The molecule has 1 unspecified atom stereocenters. The molecule has 1 atom stereocenters. The monoisotopic (exact) mass is 268 g/mol. The van der Waals surface area contributed by atoms with Crippen molar-refractivity contribution >= 4 is 6.08 Å². The van der Waals surface area contributed by atoms with E-state index in [0.29, 0.717) is 6.42 Å². The first-order chi connectivity index (χ1) is 9.65. The Bertz CT molecular complexity index is 563. The molecule has 0 radical (unpaired) electrons. The zero-order valence-electron chi connectivity index (χ0n) is 11.8. The first kappa shape index (κ1) is 14.4. The van der Waals surface area contributed by atoms with Gasteiger partial charge in [0.1, 0.15) is 11.4 Å². The van der Waals surface area contributed by atoms with Gasteiger partial charge in [0.2, 0.25) is 0 Å². The fourth-order valence-electron chi connectivity index (χ4n) is 2.14. The van der Waals surface area contributed by atoms with Crippen LogP contribution in [0.15, 0.2) is 61.2 Å². The second-order valence-corrected chi connectivity index (χ2v) is 5.15. The highest BCUT2D eigenvalue weighted by molar-refractivity contribution is 5.49. The molecule has 0 aromatic heterocycles. The van der Waals surface area contributed by atoms with Crippen LogP contribution in [0.4, 0.5) is 0 Å². The summed E-state index contributed by atoms with van der Waals surface area (Å²) >= 11 is 0. The Balaban J connectivity index is 2.16. The van der Waals surface area contributed by atoms with Crippen LogP contribution in [0.25, 0.3) is 6.08 Å². The van der Waals surface area contributed by atoms with Crippen LogP contribution in [0, 0.1) is 0 Å². The van der Waals surface area contributed by atoms with Crippen LogP contribution in [-0.4, -0.2) is 17.3 Å². The van der Waals surface area contributed by atoms with Gasteiger partial charge >= 0.3 is 0 Å². The Kier molecular flexibility index (Phi) is 4.59. The number of aliphatic hydroxyl groups is 1. The molecule has 0 aliphatic carbocycles. The second-order valence-electron chi connectivity index (χ2n) is 5.15. The Morgan fingerprint density at radius 2 is 1.90 bits per heavy atom. The Morgan fingerprint density at radius 3 is 2.55 bits per heavy atom. The van der Waals surface area contributed by atoms with Crippen molar-refractivity contribution in [2.75, 3.05) is 6.61 Å². The largest absolute Gasteiger partial charge is 0.485 e. The molecule has 2 aromatic rings. The van der Waals surface area contributed by atoms with E-state index in [0.717, 1.165) is 16.9 Å². The first-order valence-electron chi connectivity index (χ1n) is 6.71. The summed E-state index contributed by atoms with van der Waals surface area (Å²) in [5.41, 5.74) is 1.51. The van der Waals surface area contributed by atoms with Crippen molar-refractivity contribution < 1.29 is 9.84 Å². The van der Waals surface area contributed by atoms with Gasteiger partial charge in [0.05, 0.1) is 6.61 Å². The van der Waals surface area contributed by atoms with Gasteiger partial charge in [0.15, 0.2) is 0 Å². The summed E-state index contributed by atoms with van der Waals surface area (Å²) in [6, 6.07) is 17.7. The predicted octanol–water partition coefficient (Wildman–Crippen LogP) is 3.70. The summed E-state index contributed by atoms with van der Waals surface area (Å²) < 4.78 is 6.00. The highest BCUT2D eigenvalue weighted by Crippen LogP contribution is 2.23. The molecule has 2 nitrogen and oxygen atoms in total. The molecule has 2 aromatic carbocycles. The maximum atomic E-state index is 9.69. The summed E-state index contributed by atoms with van der Waals surface area (Å²) in [5.74, 6) is 0.745. The van der Waals surface area contributed by atoms with E-state index in [9.17, 15) is 5.11 Å². The van der Waals surface area contributed by atoms with E-state index >= 15 is 0 Å². The van der Waals surface area contributed by atoms with Crippen molar-refractivity contribution in [3.8, 4) is 5.75 Å². The van der Waals surface area contributed by atoms with Crippen LogP contribution in [0.3, 0.4) is 0 Å². The molecule has 0 saturated carbocycles. The third-order valence-corrected chi connectivity index (χ3v) is 3.21. The van der Waals surface area contributed by atoms with Gasteiger partial charge in [0, 0.05) is 6.42 Å². The van der Waals surface area contributed by atoms with E-state index in [2.05, 4.69) is 6.58 Å². The van der Waals surface area contributed by atoms with Crippen molar-refractivity contribution in [2.45, 2.75) is 18.9 Å². The molecule has 1 N–H and O–H groups in total. The Labute approximate surface area is 120 Å². The third kappa shape index (κ3) is 3.72. The van der Waals surface area contributed by atoms with E-state index < -0.39 is 5.60 Å². The molecule has 0 aliphatic heterocycles. The molecule has 0 fully saturated rings. The number of hydrogen-bond donors (Lipinski definition) is 1. The Hall–Kier alpha value is -2.06. The van der Waals surface area contributed by atoms with Crippen molar-refractivity contribution in [3.63, 3.8) is 0 Å². The fourth-order valence-corrected chi connectivity index (χ4v) is 2.14. The van der Waals surface area contributed by atoms with Gasteiger partial charge in [-0.25, -0.2) is 0 Å². The number of benzene rings is 2. The maximum absolute atomic E-state index is 9.69. The SMILES string of the molecule is C=Cc1cccc(OC(C)(CO)Cc2ccccc2)c1. The summed E-state index contributed by atoms with van der Waals surface area (Å²) in [7, 11) is 0. The minimum Gasteiger partial charge on any atom is -0.485 e. The lowest BCUT2D eigenvalue weighted by Gasteiger charge is -2.29. The van der Waals surface area contributed by atoms with E-state index in [1.165, 1.54) is 0 Å². The summed E-state index contributed by atoms with van der Waals surface area (Å²) in [6.45, 7) is 5.63. The smallest absolute Gasteiger partial charge is 0.133 e. The molecule has 0 bridgehead atoms. The molecule has 0 saturated heterocycles. The third-order valence-electron chi connectivity index (χ3n) is 3.21. The van der Waals surface area contributed by atoms with Gasteiger partial charge in [-0.05, 0) is 30.2 Å². The van der Waals surface area contributed by atoms with E-state index in [-0.39, 0.29) is 6.61 Å². The lowest BCUT2D eigenvalue weighted by molar-refractivity contribution is 0.0253. The molecule has 0 heterocycles. The number of ether oxygens (including phenoxy) is 1. The quantitative estimate of drug-likeness (QED) is 0.865. The molecule has 20 heavy (non-hydrogen) atoms. The summed E-state index contributed by atoms with van der Waals surface area (Å²) in [4.78, 5) is 0. The minimum atomic E-state index is -0.638. The summed E-state index contributed by atoms with van der Waals surface area (Å²) in [6.07, 6.45) is 2.43. The standard InChI is InChI=1S/C18H20O2/c1-3-15-10-7-11-17(12-15)20-18(2,14-19)13-16-8-5-4-6-9-16/h3-12,19H,1,13-14H2,2H3. The second kappa shape index (κ2) is 6.40. The molecule has 0 spiro atoms. The lowest BCUT2D eigenvalue weighted by atomic mass is 9.97. The number of rotatable bonds is 6. The van der Waals surface area contributed by atoms with Crippen molar-refractivity contribution in [2.24, 2.45) is 0 Å². The lowest BCUT2D eigenvalue weighted by Crippen LogP contribution is -2.39. The van der Waals surface area contributed by atoms with E-state index in [4.69, 9.17) is 4.74 Å². The average molecular weight is 268 g/mol. The van der Waals surface area contributed by atoms with Crippen LogP contribution >= 0.6 is 0 Å². The normalized spacial score (nSPS) is 13.5. The van der Waals surface area contributed by atoms with Crippen LogP contribution in [0.5, 0.6) is 5.75 Å². The molecule has 104 valence electrons. The topological polar surface area (TPSA) is 29.5 Å². The van der Waals surface area contributed by atoms with Gasteiger partial charge in [-0.3, -0.25) is 0 Å². The predicted molar refractivity (Wildman–Crippen MR) is 82.8 cm³/mol. The fraction of sp³-hybridized carbons (Fsp3) is 0.222. The number of hydrogen-bond acceptors (Lipinski definition) is 2. The number of aliphatic hydroxyl groups excluding tert-OH is 1. The van der Waals surface area contributed by atoms with Crippen LogP contribution in [0.1, 0.15) is 18.1 Å². The van der Waals surface area contributed by atoms with Crippen LogP contribution in [-0.2, 0) is 6.42 Å². The Morgan fingerprint density at radius 1 is 1.15 bits per heavy atom. The van der Waals surface area contributed by atoms with Gasteiger partial charge in [-0.2, -0.15) is 0 Å². The molecular formula is C18H20O2. The van der Waals surface area contributed by atoms with Crippen molar-refractivity contribution in [3.05, 3.63) is 72.3 Å². The summed E-state index contributed by atoms with van der Waals surface area (Å²) in [5, 5.41) is 9.69. The zero-order valence-corrected chi connectivity index (χ0v) is 11.8. The molecule has 0 amide bonds. The van der Waals surface area contributed by atoms with E-state index in [1.807, 2.05) is 61.5 Å². The molecule has 2 rings (SSSR count). The minimum absolute atomic E-state index is 0.0415. The van der Waals surface area contributed by atoms with Gasteiger partial charge in [-0.15, -0.1) is 0 Å². The zero-order chi connectivity index (χ0) is 14.4. The highest BCUT2D eigenvalue weighted by Gasteiger charge is 2.26. The van der Waals surface area contributed by atoms with Gasteiger partial charge in [0.25, 0.3) is 0 Å². The van der Waals surface area contributed by atoms with E-state index in [1.54, 1.807) is 6.08 Å². The van der Waals surface area contributed by atoms with Crippen LogP contribution in [0.2, 0.25) is 0 Å². The average Bonchev–Trinajstić information content (AvgIpc) is 2.48. The van der Waals surface area contributed by atoms with Gasteiger partial charge in [-0.1, -0.05) is 55.1 Å². The molecule has 2 heteroatoms. The molecule has 0 aliphatic rings. The van der Waals surface area contributed by atoms with Crippen molar-refractivity contribution in [1.82, 2.24) is 0 Å². The first-order valence-corrected chi connectivity index (χ1v) is 6.71. The van der Waals surface area contributed by atoms with Crippen LogP contribution < -0.4 is 4.74 Å².